The van der Waals surface area contributed by atoms with E-state index in [1.165, 1.54) is 32.7 Å². The van der Waals surface area contributed by atoms with E-state index in [2.05, 4.69) is 36.3 Å². The lowest BCUT2D eigenvalue weighted by molar-refractivity contribution is 0.124. The highest BCUT2D eigenvalue weighted by Gasteiger charge is 2.18. The van der Waals surface area contributed by atoms with Gasteiger partial charge in [0, 0.05) is 39.3 Å². The molecule has 0 aromatic carbocycles. The second kappa shape index (κ2) is 8.68. The van der Waals surface area contributed by atoms with Gasteiger partial charge in [-0.3, -0.25) is 0 Å². The first kappa shape index (κ1) is 15.7. The summed E-state index contributed by atoms with van der Waals surface area (Å²) in [7, 11) is 0. The molecule has 1 aliphatic rings. The molecular formula is C15H30N2O. The van der Waals surface area contributed by atoms with Gasteiger partial charge in [-0.1, -0.05) is 19.9 Å². The summed E-state index contributed by atoms with van der Waals surface area (Å²) < 4.78 is 0. The first-order chi connectivity index (χ1) is 8.69. The molecule has 3 heteroatoms. The highest BCUT2D eigenvalue weighted by Crippen LogP contribution is 2.15. The van der Waals surface area contributed by atoms with Crippen molar-refractivity contribution in [2.45, 2.75) is 26.7 Å². The van der Waals surface area contributed by atoms with Crippen molar-refractivity contribution in [1.82, 2.24) is 9.80 Å². The molecule has 1 rings (SSSR count). The summed E-state index contributed by atoms with van der Waals surface area (Å²) in [5.74, 6) is 0.997. The van der Waals surface area contributed by atoms with Crippen LogP contribution in [-0.4, -0.2) is 60.8 Å². The van der Waals surface area contributed by atoms with Crippen molar-refractivity contribution >= 4 is 0 Å². The molecule has 2 atom stereocenters. The Morgan fingerprint density at radius 1 is 1.17 bits per heavy atom. The minimum atomic E-state index is 0.305. The molecule has 1 N–H and O–H groups in total. The molecule has 1 saturated heterocycles. The molecule has 0 saturated carbocycles. The third-order valence-electron chi connectivity index (χ3n) is 4.08. The van der Waals surface area contributed by atoms with E-state index in [4.69, 9.17) is 5.11 Å². The maximum absolute atomic E-state index is 9.06. The summed E-state index contributed by atoms with van der Waals surface area (Å²) in [5.41, 5.74) is 0. The third-order valence-corrected chi connectivity index (χ3v) is 4.08. The van der Waals surface area contributed by atoms with Crippen LogP contribution in [0, 0.1) is 11.8 Å². The van der Waals surface area contributed by atoms with E-state index >= 15 is 0 Å². The van der Waals surface area contributed by atoms with E-state index in [0.29, 0.717) is 18.4 Å². The highest BCUT2D eigenvalue weighted by molar-refractivity contribution is 4.84. The zero-order chi connectivity index (χ0) is 13.4. The van der Waals surface area contributed by atoms with Gasteiger partial charge < -0.3 is 14.9 Å². The first-order valence-corrected chi connectivity index (χ1v) is 7.37. The largest absolute Gasteiger partial charge is 0.396 e. The average molecular weight is 254 g/mol. The molecule has 0 aromatic heterocycles. The fourth-order valence-corrected chi connectivity index (χ4v) is 2.49. The van der Waals surface area contributed by atoms with Gasteiger partial charge in [0.05, 0.1) is 0 Å². The van der Waals surface area contributed by atoms with E-state index in [1.807, 2.05) is 0 Å². The van der Waals surface area contributed by atoms with Crippen LogP contribution in [-0.2, 0) is 0 Å². The van der Waals surface area contributed by atoms with Gasteiger partial charge in [-0.2, -0.15) is 0 Å². The third kappa shape index (κ3) is 5.51. The second-order valence-corrected chi connectivity index (χ2v) is 5.60. The van der Waals surface area contributed by atoms with Crippen LogP contribution in [0.5, 0.6) is 0 Å². The van der Waals surface area contributed by atoms with Gasteiger partial charge in [0.15, 0.2) is 0 Å². The maximum atomic E-state index is 9.06. The van der Waals surface area contributed by atoms with Crippen LogP contribution in [0.15, 0.2) is 12.7 Å². The van der Waals surface area contributed by atoms with Crippen molar-refractivity contribution < 1.29 is 5.11 Å². The molecule has 0 aliphatic carbocycles. The zero-order valence-electron chi connectivity index (χ0n) is 12.1. The molecule has 3 nitrogen and oxygen atoms in total. The maximum Gasteiger partial charge on any atom is 0.0456 e. The Labute approximate surface area is 112 Å². The summed E-state index contributed by atoms with van der Waals surface area (Å²) in [5, 5.41) is 9.06. The minimum Gasteiger partial charge on any atom is -0.396 e. The van der Waals surface area contributed by atoms with Crippen LogP contribution in [0.1, 0.15) is 26.7 Å². The molecule has 1 heterocycles. The average Bonchev–Trinajstić information content (AvgIpc) is 2.43. The minimum absolute atomic E-state index is 0.305. The molecule has 2 unspecified atom stereocenters. The van der Waals surface area contributed by atoms with Gasteiger partial charge in [-0.05, 0) is 31.2 Å². The van der Waals surface area contributed by atoms with Crippen LogP contribution in [0.25, 0.3) is 0 Å². The molecule has 1 aliphatic heterocycles. The highest BCUT2D eigenvalue weighted by atomic mass is 16.3. The lowest BCUT2D eigenvalue weighted by Gasteiger charge is -2.35. The van der Waals surface area contributed by atoms with Crippen molar-refractivity contribution in [3.63, 3.8) is 0 Å². The number of hydrogen-bond donors (Lipinski definition) is 1. The number of nitrogens with zero attached hydrogens (tertiary/aromatic N) is 2. The fraction of sp³-hybridized carbons (Fsp3) is 0.867. The molecule has 1 fully saturated rings. The van der Waals surface area contributed by atoms with Crippen molar-refractivity contribution in [2.75, 3.05) is 45.9 Å². The van der Waals surface area contributed by atoms with E-state index in [0.717, 1.165) is 19.4 Å². The quantitative estimate of drug-likeness (QED) is 0.670. The summed E-state index contributed by atoms with van der Waals surface area (Å²) in [6, 6.07) is 0. The molecule has 18 heavy (non-hydrogen) atoms. The molecule has 0 radical (unpaired) electrons. The van der Waals surface area contributed by atoms with E-state index in [9.17, 15) is 0 Å². The number of piperazine rings is 1. The summed E-state index contributed by atoms with van der Waals surface area (Å²) in [4.78, 5) is 5.06. The van der Waals surface area contributed by atoms with Gasteiger partial charge in [-0.15, -0.1) is 6.58 Å². The topological polar surface area (TPSA) is 26.7 Å². The van der Waals surface area contributed by atoms with Gasteiger partial charge in [0.2, 0.25) is 0 Å². The van der Waals surface area contributed by atoms with Crippen LogP contribution in [0.3, 0.4) is 0 Å². The Hall–Kier alpha value is -0.380. The number of aliphatic hydroxyl groups is 1. The van der Waals surface area contributed by atoms with Crippen LogP contribution < -0.4 is 0 Å². The Balaban J connectivity index is 2.24. The second-order valence-electron chi connectivity index (χ2n) is 5.60. The molecule has 0 bridgehead atoms. The number of aliphatic hydroxyl groups excluding tert-OH is 1. The molecule has 106 valence electrons. The Morgan fingerprint density at radius 3 is 2.28 bits per heavy atom. The van der Waals surface area contributed by atoms with Crippen molar-refractivity contribution in [3.8, 4) is 0 Å². The van der Waals surface area contributed by atoms with Crippen molar-refractivity contribution in [1.29, 1.82) is 0 Å². The predicted octanol–water partition coefficient (Wildman–Crippen LogP) is 1.83. The molecule has 0 amide bonds. The van der Waals surface area contributed by atoms with E-state index in [-0.39, 0.29) is 0 Å². The lowest BCUT2D eigenvalue weighted by Crippen LogP contribution is -2.47. The smallest absolute Gasteiger partial charge is 0.0456 e. The zero-order valence-corrected chi connectivity index (χ0v) is 12.1. The summed E-state index contributed by atoms with van der Waals surface area (Å²) >= 11 is 0. The first-order valence-electron chi connectivity index (χ1n) is 7.37. The van der Waals surface area contributed by atoms with Crippen LogP contribution in [0.2, 0.25) is 0 Å². The lowest BCUT2D eigenvalue weighted by atomic mass is 9.96. The van der Waals surface area contributed by atoms with E-state index in [1.54, 1.807) is 0 Å². The number of hydrogen-bond acceptors (Lipinski definition) is 3. The number of likely N-dealkylation sites (N-methyl/N-ethyl adjacent to an activating group) is 1. The Kier molecular flexibility index (Phi) is 7.56. The Bertz CT molecular complexity index is 225. The van der Waals surface area contributed by atoms with Crippen LogP contribution >= 0.6 is 0 Å². The molecule has 0 spiro atoms. The van der Waals surface area contributed by atoms with E-state index < -0.39 is 0 Å². The summed E-state index contributed by atoms with van der Waals surface area (Å²) in [6.45, 7) is 15.7. The standard InChI is InChI=1S/C15H30N2O/c1-4-15(7-6-14(3)13-18)12-17-10-8-16(5-2)9-11-17/h4,14-15,18H,1,5-13H2,2-3H3. The predicted molar refractivity (Wildman–Crippen MR) is 77.7 cm³/mol. The fourth-order valence-electron chi connectivity index (χ4n) is 2.49. The van der Waals surface area contributed by atoms with Crippen LogP contribution in [0.4, 0.5) is 0 Å². The van der Waals surface area contributed by atoms with Crippen molar-refractivity contribution in [2.24, 2.45) is 11.8 Å². The summed E-state index contributed by atoms with van der Waals surface area (Å²) in [6.07, 6.45) is 4.34. The SMILES string of the molecule is C=CC(CCC(C)CO)CN1CCN(CC)CC1. The normalized spacial score (nSPS) is 21.7. The van der Waals surface area contributed by atoms with Gasteiger partial charge in [0.25, 0.3) is 0 Å². The van der Waals surface area contributed by atoms with Gasteiger partial charge >= 0.3 is 0 Å². The van der Waals surface area contributed by atoms with Gasteiger partial charge in [0.1, 0.15) is 0 Å². The van der Waals surface area contributed by atoms with Crippen molar-refractivity contribution in [3.05, 3.63) is 12.7 Å². The number of rotatable bonds is 8. The Morgan fingerprint density at radius 2 is 1.78 bits per heavy atom. The van der Waals surface area contributed by atoms with Gasteiger partial charge in [-0.25, -0.2) is 0 Å². The molecule has 0 aromatic rings. The molecular weight excluding hydrogens is 224 g/mol. The monoisotopic (exact) mass is 254 g/mol.